The average molecular weight is 527 g/mol. The van der Waals surface area contributed by atoms with Crippen LogP contribution in [0.1, 0.15) is 22.7 Å². The van der Waals surface area contributed by atoms with E-state index < -0.39 is 34.9 Å². The fourth-order valence-electron chi connectivity index (χ4n) is 4.08. The largest absolute Gasteiger partial charge is 0.507 e. The van der Waals surface area contributed by atoms with Crippen molar-refractivity contribution in [2.45, 2.75) is 6.04 Å². The minimum atomic E-state index is -1.34. The number of aliphatic hydroxyl groups is 1. The third-order valence-corrected chi connectivity index (χ3v) is 6.34. The van der Waals surface area contributed by atoms with Crippen LogP contribution in [-0.2, 0) is 9.59 Å². The number of ketones is 1. The number of rotatable bonds is 5. The molecule has 3 aromatic rings. The van der Waals surface area contributed by atoms with Crippen LogP contribution in [0.15, 0.2) is 60.2 Å². The molecule has 1 fully saturated rings. The first-order valence-corrected chi connectivity index (χ1v) is 11.2. The van der Waals surface area contributed by atoms with Gasteiger partial charge < -0.3 is 14.6 Å². The van der Waals surface area contributed by atoms with E-state index in [2.05, 4.69) is 0 Å². The van der Waals surface area contributed by atoms with Gasteiger partial charge in [0.15, 0.2) is 11.5 Å². The van der Waals surface area contributed by atoms with Crippen LogP contribution in [0.5, 0.6) is 11.5 Å². The fourth-order valence-corrected chi connectivity index (χ4v) is 4.77. The number of Topliss-reactive ketones (excluding diaryl/α,β-unsaturated/α-hetero) is 1. The maximum atomic E-state index is 15.0. The number of halogens is 3. The van der Waals surface area contributed by atoms with E-state index in [0.29, 0.717) is 5.56 Å². The topological polar surface area (TPSA) is 99.9 Å². The Labute approximate surface area is 215 Å². The van der Waals surface area contributed by atoms with Gasteiger partial charge in [0, 0.05) is 11.3 Å². The summed E-state index contributed by atoms with van der Waals surface area (Å²) in [4.78, 5) is 27.6. The maximum absolute atomic E-state index is 15.0. The highest BCUT2D eigenvalue weighted by molar-refractivity contribution is 6.52. The molecular weight excluding hydrogens is 510 g/mol. The normalized spacial score (nSPS) is 16.7. The fraction of sp³-hybridized carbons (Fsp3) is 0.115. The van der Waals surface area contributed by atoms with Crippen LogP contribution in [0, 0.1) is 17.1 Å². The molecule has 7 nitrogen and oxygen atoms in total. The molecule has 182 valence electrons. The molecule has 1 aliphatic heterocycles. The van der Waals surface area contributed by atoms with E-state index in [-0.39, 0.29) is 38.4 Å². The van der Waals surface area contributed by atoms with Crippen LogP contribution < -0.4 is 14.4 Å². The second-order valence-corrected chi connectivity index (χ2v) is 8.42. The zero-order valence-electron chi connectivity index (χ0n) is 18.9. The van der Waals surface area contributed by atoms with Gasteiger partial charge in [-0.05, 0) is 36.4 Å². The molecule has 1 aliphatic rings. The monoisotopic (exact) mass is 526 g/mol. The number of benzene rings is 3. The minimum absolute atomic E-state index is 0.00797. The van der Waals surface area contributed by atoms with E-state index in [0.717, 1.165) is 4.90 Å². The van der Waals surface area contributed by atoms with Crippen LogP contribution in [0.3, 0.4) is 0 Å². The van der Waals surface area contributed by atoms with Gasteiger partial charge in [0.1, 0.15) is 16.6 Å². The lowest BCUT2D eigenvalue weighted by molar-refractivity contribution is -0.132. The summed E-state index contributed by atoms with van der Waals surface area (Å²) >= 11 is 12.6. The number of amides is 1. The minimum Gasteiger partial charge on any atom is -0.507 e. The Morgan fingerprint density at radius 1 is 1.06 bits per heavy atom. The summed E-state index contributed by atoms with van der Waals surface area (Å²) in [6.45, 7) is 0. The molecule has 1 unspecified atom stereocenters. The van der Waals surface area contributed by atoms with Crippen molar-refractivity contribution in [1.82, 2.24) is 0 Å². The van der Waals surface area contributed by atoms with Crippen LogP contribution in [-0.4, -0.2) is 31.0 Å². The van der Waals surface area contributed by atoms with Gasteiger partial charge >= 0.3 is 0 Å². The molecule has 1 saturated heterocycles. The standard InChI is InChI=1S/C26H17Cl2FN2O5/c1-35-24-16(11-17(27)25(36-2)20(24)28)22(32)19-21(15-5-3-4-6-18(15)29)31(26(34)23(19)33)14-9-7-13(12-30)8-10-14/h3-11,21,32H,1-2H3/b22-19+. The molecule has 0 bridgehead atoms. The van der Waals surface area contributed by atoms with Crippen molar-refractivity contribution in [2.75, 3.05) is 19.1 Å². The number of aliphatic hydroxyl groups excluding tert-OH is 1. The molecule has 0 radical (unpaired) electrons. The van der Waals surface area contributed by atoms with Crippen molar-refractivity contribution in [2.24, 2.45) is 0 Å². The van der Waals surface area contributed by atoms with Crippen LogP contribution in [0.25, 0.3) is 5.76 Å². The van der Waals surface area contributed by atoms with Gasteiger partial charge in [0.05, 0.1) is 48.1 Å². The second-order valence-electron chi connectivity index (χ2n) is 7.64. The molecule has 36 heavy (non-hydrogen) atoms. The summed E-state index contributed by atoms with van der Waals surface area (Å²) in [5.74, 6) is -3.41. The predicted octanol–water partition coefficient (Wildman–Crippen LogP) is 5.65. The summed E-state index contributed by atoms with van der Waals surface area (Å²) in [6, 6.07) is 13.3. The first kappa shape index (κ1) is 25.0. The van der Waals surface area contributed by atoms with E-state index in [1.54, 1.807) is 6.07 Å². The number of hydrogen-bond donors (Lipinski definition) is 1. The van der Waals surface area contributed by atoms with Gasteiger partial charge in [0.25, 0.3) is 11.7 Å². The first-order chi connectivity index (χ1) is 17.2. The zero-order chi connectivity index (χ0) is 26.1. The highest BCUT2D eigenvalue weighted by Gasteiger charge is 2.48. The molecule has 1 N–H and O–H groups in total. The van der Waals surface area contributed by atoms with Crippen molar-refractivity contribution >= 4 is 46.3 Å². The number of ether oxygens (including phenoxy) is 2. The number of nitrogens with zero attached hydrogens (tertiary/aromatic N) is 2. The summed E-state index contributed by atoms with van der Waals surface area (Å²) < 4.78 is 25.5. The molecule has 1 amide bonds. The number of methoxy groups -OCH3 is 2. The lowest BCUT2D eigenvalue weighted by atomic mass is 9.94. The Morgan fingerprint density at radius 3 is 2.28 bits per heavy atom. The second kappa shape index (κ2) is 9.90. The van der Waals surface area contributed by atoms with Crippen LogP contribution in [0.4, 0.5) is 10.1 Å². The van der Waals surface area contributed by atoms with Gasteiger partial charge in [-0.3, -0.25) is 14.5 Å². The van der Waals surface area contributed by atoms with Gasteiger partial charge in [-0.25, -0.2) is 4.39 Å². The van der Waals surface area contributed by atoms with Crippen molar-refractivity contribution in [3.63, 3.8) is 0 Å². The number of anilines is 1. The van der Waals surface area contributed by atoms with Gasteiger partial charge in [-0.1, -0.05) is 41.4 Å². The maximum Gasteiger partial charge on any atom is 0.300 e. The molecular formula is C26H17Cl2FN2O5. The van der Waals surface area contributed by atoms with E-state index in [9.17, 15) is 14.7 Å². The molecule has 0 spiro atoms. The number of hydrogen-bond acceptors (Lipinski definition) is 6. The summed E-state index contributed by atoms with van der Waals surface area (Å²) in [7, 11) is 2.63. The molecule has 1 heterocycles. The van der Waals surface area contributed by atoms with Gasteiger partial charge in [0.2, 0.25) is 0 Å². The Bertz CT molecular complexity index is 1460. The molecule has 10 heteroatoms. The SMILES string of the molecule is COc1c(Cl)cc(/C(O)=C2\C(=O)C(=O)N(c3ccc(C#N)cc3)C2c2ccccc2F)c(OC)c1Cl. The van der Waals surface area contributed by atoms with Crippen molar-refractivity contribution in [3.05, 3.63) is 92.7 Å². The third kappa shape index (κ3) is 4.02. The Balaban J connectivity index is 2.03. The van der Waals surface area contributed by atoms with Crippen molar-refractivity contribution in [1.29, 1.82) is 5.26 Å². The predicted molar refractivity (Wildman–Crippen MR) is 132 cm³/mol. The first-order valence-electron chi connectivity index (χ1n) is 10.4. The van der Waals surface area contributed by atoms with Crippen LogP contribution in [0.2, 0.25) is 10.0 Å². The van der Waals surface area contributed by atoms with E-state index in [1.165, 1.54) is 62.8 Å². The summed E-state index contributed by atoms with van der Waals surface area (Å²) in [6.07, 6.45) is 0. The molecule has 0 aromatic heterocycles. The average Bonchev–Trinajstić information content (AvgIpc) is 3.14. The quantitative estimate of drug-likeness (QED) is 0.262. The highest BCUT2D eigenvalue weighted by atomic mass is 35.5. The molecule has 0 aliphatic carbocycles. The van der Waals surface area contributed by atoms with E-state index in [4.69, 9.17) is 37.9 Å². The van der Waals surface area contributed by atoms with E-state index >= 15 is 4.39 Å². The summed E-state index contributed by atoms with van der Waals surface area (Å²) in [5.41, 5.74) is 0.0241. The molecule has 4 rings (SSSR count). The zero-order valence-corrected chi connectivity index (χ0v) is 20.4. The number of nitriles is 1. The Hall–Kier alpha value is -4.06. The Kier molecular flexibility index (Phi) is 6.88. The summed E-state index contributed by atoms with van der Waals surface area (Å²) in [5, 5.41) is 20.4. The van der Waals surface area contributed by atoms with E-state index in [1.807, 2.05) is 6.07 Å². The molecule has 3 aromatic carbocycles. The van der Waals surface area contributed by atoms with Crippen LogP contribution >= 0.6 is 23.2 Å². The highest BCUT2D eigenvalue weighted by Crippen LogP contribution is 2.48. The smallest absolute Gasteiger partial charge is 0.300 e. The van der Waals surface area contributed by atoms with Crippen molar-refractivity contribution in [3.8, 4) is 17.6 Å². The Morgan fingerprint density at radius 2 is 1.69 bits per heavy atom. The lowest BCUT2D eigenvalue weighted by Crippen LogP contribution is -2.29. The van der Waals surface area contributed by atoms with Gasteiger partial charge in [-0.2, -0.15) is 5.26 Å². The molecule has 0 saturated carbocycles. The number of carbonyl (C=O) groups is 2. The van der Waals surface area contributed by atoms with Gasteiger partial charge in [-0.15, -0.1) is 0 Å². The lowest BCUT2D eigenvalue weighted by Gasteiger charge is -2.26. The third-order valence-electron chi connectivity index (χ3n) is 5.71. The number of carbonyl (C=O) groups excluding carboxylic acids is 2. The molecule has 1 atom stereocenters. The van der Waals surface area contributed by atoms with Crippen molar-refractivity contribution < 1.29 is 28.6 Å².